The molecule has 4 aromatic carbocycles. The molecule has 1 aromatic heterocycles. The first-order valence-electron chi connectivity index (χ1n) is 17.6. The average molecular weight is 688 g/mol. The second kappa shape index (κ2) is 19.5. The largest absolute Gasteiger partial charge is 0.398 e. The molecule has 3 nitrogen and oxygen atoms in total. The first-order chi connectivity index (χ1) is 25.6. The molecule has 0 aliphatic carbocycles. The number of hydrogen-bond donors (Lipinski definition) is 2. The van der Waals surface area contributed by atoms with Crippen molar-refractivity contribution in [1.82, 2.24) is 4.98 Å². The molecule has 0 saturated heterocycles. The molecule has 3 N–H and O–H groups in total. The molecular formula is C50H45N3. The van der Waals surface area contributed by atoms with E-state index in [4.69, 9.17) is 11.1 Å². The zero-order valence-electron chi connectivity index (χ0n) is 31.4. The Morgan fingerprint density at radius 1 is 0.604 bits per heavy atom. The quantitative estimate of drug-likeness (QED) is 0.106. The Kier molecular flexibility index (Phi) is 14.3. The number of nitrogens with one attached hydrogen (secondary N) is 1. The Morgan fingerprint density at radius 2 is 1.06 bits per heavy atom. The van der Waals surface area contributed by atoms with Crippen LogP contribution >= 0.6 is 0 Å². The van der Waals surface area contributed by atoms with Gasteiger partial charge in [-0.15, -0.1) is 0 Å². The van der Waals surface area contributed by atoms with E-state index in [1.165, 1.54) is 5.57 Å². The molecule has 53 heavy (non-hydrogen) atoms. The zero-order chi connectivity index (χ0) is 38.2. The van der Waals surface area contributed by atoms with Gasteiger partial charge in [0, 0.05) is 50.8 Å². The molecule has 0 atom stereocenters. The number of aromatic nitrogens is 1. The van der Waals surface area contributed by atoms with Gasteiger partial charge in [-0.3, -0.25) is 4.98 Å². The Balaban J connectivity index is 0.00000308. The van der Waals surface area contributed by atoms with Gasteiger partial charge in [-0.2, -0.15) is 0 Å². The molecule has 0 aliphatic heterocycles. The summed E-state index contributed by atoms with van der Waals surface area (Å²) in [6, 6.07) is 33.7. The van der Waals surface area contributed by atoms with Crippen LogP contribution in [0, 0.1) is 47.9 Å². The van der Waals surface area contributed by atoms with E-state index >= 15 is 0 Å². The molecule has 5 rings (SSSR count). The van der Waals surface area contributed by atoms with Gasteiger partial charge in [0.15, 0.2) is 0 Å². The van der Waals surface area contributed by atoms with Gasteiger partial charge in [0.2, 0.25) is 0 Å². The highest BCUT2D eigenvalue weighted by Crippen LogP contribution is 2.18. The van der Waals surface area contributed by atoms with Gasteiger partial charge in [-0.1, -0.05) is 122 Å². The molecule has 0 saturated carbocycles. The number of benzene rings is 4. The first kappa shape index (κ1) is 38.9. The lowest BCUT2D eigenvalue weighted by Gasteiger charge is -2.02. The maximum atomic E-state index is 8.29. The lowest BCUT2D eigenvalue weighted by atomic mass is 10.0. The second-order valence-corrected chi connectivity index (χ2v) is 12.5. The molecule has 260 valence electrons. The lowest BCUT2D eigenvalue weighted by Crippen LogP contribution is -1.95. The van der Waals surface area contributed by atoms with Crippen LogP contribution in [0.5, 0.6) is 0 Å². The van der Waals surface area contributed by atoms with E-state index in [1.807, 2.05) is 163 Å². The minimum Gasteiger partial charge on any atom is -0.398 e. The molecule has 0 radical (unpaired) electrons. The second-order valence-electron chi connectivity index (χ2n) is 12.5. The molecule has 0 amide bonds. The van der Waals surface area contributed by atoms with Crippen LogP contribution in [0.4, 0.5) is 0 Å². The third kappa shape index (κ3) is 12.5. The van der Waals surface area contributed by atoms with Crippen molar-refractivity contribution in [3.05, 3.63) is 201 Å². The van der Waals surface area contributed by atoms with Crippen molar-refractivity contribution in [3.63, 3.8) is 0 Å². The molecule has 1 heterocycles. The van der Waals surface area contributed by atoms with Crippen molar-refractivity contribution in [1.29, 1.82) is 5.41 Å². The number of nitrogens with two attached hydrogens (primary N) is 1. The summed E-state index contributed by atoms with van der Waals surface area (Å²) in [7, 11) is 0. The van der Waals surface area contributed by atoms with Crippen molar-refractivity contribution in [2.45, 2.75) is 41.5 Å². The minimum absolute atomic E-state index is 0.423. The van der Waals surface area contributed by atoms with E-state index in [-0.39, 0.29) is 0 Å². The van der Waals surface area contributed by atoms with E-state index < -0.39 is 0 Å². The predicted octanol–water partition coefficient (Wildman–Crippen LogP) is 11.0. The molecule has 3 heteroatoms. The van der Waals surface area contributed by atoms with Crippen LogP contribution in [0.1, 0.15) is 84.7 Å². The summed E-state index contributed by atoms with van der Waals surface area (Å²) in [6.07, 6.45) is 9.38. The molecule has 0 fully saturated rings. The fourth-order valence-electron chi connectivity index (χ4n) is 4.79. The highest BCUT2D eigenvalue weighted by Gasteiger charge is 2.02. The number of nitrogens with zero attached hydrogens (tertiary/aromatic N) is 1. The monoisotopic (exact) mass is 687 g/mol. The maximum Gasteiger partial charge on any atom is 0.0702 e. The predicted molar refractivity (Wildman–Crippen MR) is 225 cm³/mol. The summed E-state index contributed by atoms with van der Waals surface area (Å²) >= 11 is 0. The molecule has 5 aromatic rings. The maximum absolute atomic E-state index is 8.29. The highest BCUT2D eigenvalue weighted by atomic mass is 14.7. The van der Waals surface area contributed by atoms with Gasteiger partial charge in [-0.25, -0.2) is 0 Å². The summed E-state index contributed by atoms with van der Waals surface area (Å²) in [5, 5.41) is 8.29. The summed E-state index contributed by atoms with van der Waals surface area (Å²) in [5.74, 6) is 19.8. The van der Waals surface area contributed by atoms with Crippen LogP contribution in [0.25, 0.3) is 17.0 Å². The van der Waals surface area contributed by atoms with Gasteiger partial charge >= 0.3 is 0 Å². The first-order valence-corrected chi connectivity index (χ1v) is 17.6. The smallest absolute Gasteiger partial charge is 0.0702 e. The Labute approximate surface area is 316 Å². The Bertz CT molecular complexity index is 2340. The summed E-state index contributed by atoms with van der Waals surface area (Å²) < 4.78 is 0. The Hall–Kier alpha value is -6.86. The molecule has 0 aliphatic rings. The van der Waals surface area contributed by atoms with Gasteiger partial charge < -0.3 is 11.1 Å². The van der Waals surface area contributed by atoms with Crippen LogP contribution in [0.2, 0.25) is 0 Å². The fourth-order valence-corrected chi connectivity index (χ4v) is 4.79. The fraction of sp³-hybridized carbons (Fsp3) is 0.120. The summed E-state index contributed by atoms with van der Waals surface area (Å²) in [6.45, 7) is 15.9. The molecule has 0 bridgehead atoms. The van der Waals surface area contributed by atoms with E-state index in [1.54, 1.807) is 6.08 Å². The third-order valence-electron chi connectivity index (χ3n) is 7.62. The van der Waals surface area contributed by atoms with Crippen LogP contribution in [-0.4, -0.2) is 10.7 Å². The normalized spacial score (nSPS) is 10.3. The van der Waals surface area contributed by atoms with Crippen molar-refractivity contribution in [3.8, 4) is 46.8 Å². The van der Waals surface area contributed by atoms with Gasteiger partial charge in [0.05, 0.1) is 11.4 Å². The van der Waals surface area contributed by atoms with Gasteiger partial charge in [-0.05, 0) is 117 Å². The molecular weight excluding hydrogens is 643 g/mol. The average Bonchev–Trinajstić information content (AvgIpc) is 3.18. The standard InChI is InChI=1S/C48H39N3.C2H6/c1-34(2)6-27-46(49)43-21-15-37(16-22-43)9-12-40-30-41(13-10-38-17-23-44(24-18-38)47(50)28-7-35(3)4)32-42(31-40)14-11-39-19-25-45(26-20-39)48-29-8-36(5)33-51-48;1-2/h6-8,15-33,49H,1,50H2,2-5H3;1-2H3/b27-6-,47-28-,49-46?;. The van der Waals surface area contributed by atoms with Crippen LogP contribution in [-0.2, 0) is 0 Å². The van der Waals surface area contributed by atoms with Crippen molar-refractivity contribution < 1.29 is 0 Å². The number of rotatable bonds is 6. The Morgan fingerprint density at radius 3 is 1.49 bits per heavy atom. The molecule has 0 unspecified atom stereocenters. The number of hydrogen-bond acceptors (Lipinski definition) is 3. The lowest BCUT2D eigenvalue weighted by molar-refractivity contribution is 1.27. The van der Waals surface area contributed by atoms with Gasteiger partial charge in [0.25, 0.3) is 0 Å². The van der Waals surface area contributed by atoms with Gasteiger partial charge in [0.1, 0.15) is 0 Å². The SMILES string of the molecule is C=C(C)/C=C\C(=N)c1ccc(C#Cc2cc(C#Cc3ccc(/C(N)=C/C=C(C)C)cc3)cc(C#Cc3ccc(-c4ccc(C)cn4)cc3)c2)cc1.CC. The van der Waals surface area contributed by atoms with E-state index in [9.17, 15) is 0 Å². The van der Waals surface area contributed by atoms with Crippen LogP contribution < -0.4 is 5.73 Å². The third-order valence-corrected chi connectivity index (χ3v) is 7.62. The minimum atomic E-state index is 0.423. The van der Waals surface area contributed by atoms with Crippen LogP contribution in [0.15, 0.2) is 151 Å². The van der Waals surface area contributed by atoms with Crippen LogP contribution in [0.3, 0.4) is 0 Å². The van der Waals surface area contributed by atoms with E-state index in [0.717, 1.165) is 66.9 Å². The highest BCUT2D eigenvalue weighted by molar-refractivity contribution is 6.06. The topological polar surface area (TPSA) is 62.8 Å². The van der Waals surface area contributed by atoms with Crippen molar-refractivity contribution in [2.75, 3.05) is 0 Å². The number of aryl methyl sites for hydroxylation is 1. The number of allylic oxidation sites excluding steroid dienone is 6. The van der Waals surface area contributed by atoms with E-state index in [2.05, 4.69) is 53.2 Å². The molecule has 0 spiro atoms. The van der Waals surface area contributed by atoms with Crippen molar-refractivity contribution >= 4 is 11.4 Å². The zero-order valence-corrected chi connectivity index (χ0v) is 31.4. The summed E-state index contributed by atoms with van der Waals surface area (Å²) in [4.78, 5) is 4.53. The summed E-state index contributed by atoms with van der Waals surface area (Å²) in [5.41, 5.74) is 19.4. The number of pyridine rings is 1. The van der Waals surface area contributed by atoms with Crippen molar-refractivity contribution in [2.24, 2.45) is 5.73 Å². The van der Waals surface area contributed by atoms with E-state index in [0.29, 0.717) is 11.4 Å².